The van der Waals surface area contributed by atoms with Crippen molar-refractivity contribution in [3.05, 3.63) is 42.1 Å². The number of nitrogens with one attached hydrogen (secondary N) is 1. The third-order valence-corrected chi connectivity index (χ3v) is 4.57. The maximum atomic E-state index is 6.06. The number of fused-ring (bicyclic) bond motifs is 1. The highest BCUT2D eigenvalue weighted by atomic mass is 15.0. The largest absolute Gasteiger partial charge is 0.329 e. The zero-order valence-corrected chi connectivity index (χ0v) is 12.6. The number of benzene rings is 1. The number of pyridine rings is 1. The van der Waals surface area contributed by atoms with Gasteiger partial charge in [-0.05, 0) is 24.5 Å². The number of nitrogens with two attached hydrogens (primary N) is 1. The van der Waals surface area contributed by atoms with E-state index in [9.17, 15) is 0 Å². The molecule has 2 aromatic rings. The Hall–Kier alpha value is -1.45. The van der Waals surface area contributed by atoms with Gasteiger partial charge >= 0.3 is 0 Å². The molecule has 1 atom stereocenters. The van der Waals surface area contributed by atoms with Gasteiger partial charge in [0.15, 0.2) is 0 Å². The van der Waals surface area contributed by atoms with E-state index in [1.165, 1.54) is 49.5 Å². The highest BCUT2D eigenvalue weighted by Gasteiger charge is 2.19. The van der Waals surface area contributed by atoms with Crippen LogP contribution in [-0.2, 0) is 0 Å². The van der Waals surface area contributed by atoms with Gasteiger partial charge in [0.05, 0.1) is 5.52 Å². The molecule has 0 saturated heterocycles. The SMILES string of the molecule is NCC(NC1CCCCCC1)c1cccc2cccnc12. The van der Waals surface area contributed by atoms with Crippen LogP contribution in [0.2, 0.25) is 0 Å². The van der Waals surface area contributed by atoms with Gasteiger partial charge in [-0.15, -0.1) is 0 Å². The van der Waals surface area contributed by atoms with Crippen LogP contribution in [0.4, 0.5) is 0 Å². The molecule has 0 bridgehead atoms. The summed E-state index contributed by atoms with van der Waals surface area (Å²) in [6, 6.07) is 11.3. The van der Waals surface area contributed by atoms with E-state index in [-0.39, 0.29) is 6.04 Å². The highest BCUT2D eigenvalue weighted by Crippen LogP contribution is 2.25. The van der Waals surface area contributed by atoms with Crippen LogP contribution in [0.25, 0.3) is 10.9 Å². The molecule has 1 aromatic heterocycles. The van der Waals surface area contributed by atoms with Gasteiger partial charge in [0.25, 0.3) is 0 Å². The number of hydrogen-bond donors (Lipinski definition) is 2. The smallest absolute Gasteiger partial charge is 0.0750 e. The summed E-state index contributed by atoms with van der Waals surface area (Å²) in [4.78, 5) is 4.57. The standard InChI is InChI=1S/C18H25N3/c19-13-17(21-15-9-3-1-2-4-10-15)16-11-5-7-14-8-6-12-20-18(14)16/h5-8,11-12,15,17,21H,1-4,9-10,13,19H2. The topological polar surface area (TPSA) is 50.9 Å². The number of rotatable bonds is 4. The summed E-state index contributed by atoms with van der Waals surface area (Å²) in [5, 5.41) is 4.98. The van der Waals surface area contributed by atoms with Crippen molar-refractivity contribution < 1.29 is 0 Å². The molecule has 1 heterocycles. The molecule has 3 rings (SSSR count). The number of para-hydroxylation sites is 1. The highest BCUT2D eigenvalue weighted by molar-refractivity contribution is 5.82. The Labute approximate surface area is 127 Å². The molecule has 3 N–H and O–H groups in total. The molecule has 0 spiro atoms. The summed E-state index contributed by atoms with van der Waals surface area (Å²) in [5.41, 5.74) is 8.38. The molecule has 0 radical (unpaired) electrons. The van der Waals surface area contributed by atoms with Crippen molar-refractivity contribution in [2.24, 2.45) is 5.73 Å². The van der Waals surface area contributed by atoms with Gasteiger partial charge in [-0.2, -0.15) is 0 Å². The monoisotopic (exact) mass is 283 g/mol. The zero-order chi connectivity index (χ0) is 14.5. The molecule has 112 valence electrons. The molecule has 0 amide bonds. The lowest BCUT2D eigenvalue weighted by Crippen LogP contribution is -2.36. The van der Waals surface area contributed by atoms with Crippen LogP contribution in [0.5, 0.6) is 0 Å². The summed E-state index contributed by atoms with van der Waals surface area (Å²) in [7, 11) is 0. The van der Waals surface area contributed by atoms with E-state index in [1.807, 2.05) is 12.3 Å². The molecule has 3 nitrogen and oxygen atoms in total. The lowest BCUT2D eigenvalue weighted by molar-refractivity contribution is 0.403. The van der Waals surface area contributed by atoms with Crippen molar-refractivity contribution in [3.8, 4) is 0 Å². The van der Waals surface area contributed by atoms with Crippen LogP contribution in [0.15, 0.2) is 36.5 Å². The van der Waals surface area contributed by atoms with Crippen molar-refractivity contribution in [1.29, 1.82) is 0 Å². The van der Waals surface area contributed by atoms with Crippen LogP contribution < -0.4 is 11.1 Å². The van der Waals surface area contributed by atoms with Crippen LogP contribution in [0, 0.1) is 0 Å². The summed E-state index contributed by atoms with van der Waals surface area (Å²) in [5.74, 6) is 0. The van der Waals surface area contributed by atoms with Crippen molar-refractivity contribution in [2.75, 3.05) is 6.54 Å². The third-order valence-electron chi connectivity index (χ3n) is 4.57. The maximum Gasteiger partial charge on any atom is 0.0750 e. The quantitative estimate of drug-likeness (QED) is 0.844. The molecule has 21 heavy (non-hydrogen) atoms. The summed E-state index contributed by atoms with van der Waals surface area (Å²) in [6.45, 7) is 0.617. The number of hydrogen-bond acceptors (Lipinski definition) is 3. The van der Waals surface area contributed by atoms with Gasteiger partial charge in [0.2, 0.25) is 0 Å². The summed E-state index contributed by atoms with van der Waals surface area (Å²) >= 11 is 0. The van der Waals surface area contributed by atoms with Gasteiger partial charge in [-0.1, -0.05) is 49.9 Å². The Morgan fingerprint density at radius 2 is 1.86 bits per heavy atom. The Balaban J connectivity index is 1.84. The Morgan fingerprint density at radius 3 is 2.62 bits per heavy atom. The second-order valence-corrected chi connectivity index (χ2v) is 6.07. The molecule has 1 unspecified atom stereocenters. The first-order valence-corrected chi connectivity index (χ1v) is 8.18. The first-order valence-electron chi connectivity index (χ1n) is 8.18. The van der Waals surface area contributed by atoms with Crippen molar-refractivity contribution >= 4 is 10.9 Å². The fourth-order valence-corrected chi connectivity index (χ4v) is 3.42. The van der Waals surface area contributed by atoms with Crippen LogP contribution in [-0.4, -0.2) is 17.6 Å². The van der Waals surface area contributed by atoms with E-state index in [0.29, 0.717) is 12.6 Å². The van der Waals surface area contributed by atoms with Gasteiger partial charge in [-0.25, -0.2) is 0 Å². The molecule has 3 heteroatoms. The number of nitrogens with zero attached hydrogens (tertiary/aromatic N) is 1. The van der Waals surface area contributed by atoms with Crippen molar-refractivity contribution in [3.63, 3.8) is 0 Å². The van der Waals surface area contributed by atoms with E-state index in [1.54, 1.807) is 0 Å². The van der Waals surface area contributed by atoms with E-state index < -0.39 is 0 Å². The molecule has 1 aliphatic rings. The van der Waals surface area contributed by atoms with Crippen LogP contribution >= 0.6 is 0 Å². The van der Waals surface area contributed by atoms with E-state index in [4.69, 9.17) is 5.73 Å². The average Bonchev–Trinajstić information content (AvgIpc) is 2.81. The lowest BCUT2D eigenvalue weighted by atomic mass is 10.00. The molecular formula is C18H25N3. The summed E-state index contributed by atoms with van der Waals surface area (Å²) in [6.07, 6.45) is 9.84. The van der Waals surface area contributed by atoms with Crippen molar-refractivity contribution in [2.45, 2.75) is 50.6 Å². The predicted octanol–water partition coefficient (Wildman–Crippen LogP) is 3.55. The van der Waals surface area contributed by atoms with Crippen molar-refractivity contribution in [1.82, 2.24) is 10.3 Å². The van der Waals surface area contributed by atoms with Gasteiger partial charge < -0.3 is 11.1 Å². The fraction of sp³-hybridized carbons (Fsp3) is 0.500. The average molecular weight is 283 g/mol. The molecule has 1 fully saturated rings. The predicted molar refractivity (Wildman–Crippen MR) is 88.2 cm³/mol. The van der Waals surface area contributed by atoms with E-state index in [2.05, 4.69) is 34.6 Å². The minimum absolute atomic E-state index is 0.201. The second kappa shape index (κ2) is 7.01. The Bertz CT molecular complexity index is 568. The first kappa shape index (κ1) is 14.5. The molecule has 1 saturated carbocycles. The lowest BCUT2D eigenvalue weighted by Gasteiger charge is -2.25. The minimum Gasteiger partial charge on any atom is -0.329 e. The van der Waals surface area contributed by atoms with Gasteiger partial charge in [-0.3, -0.25) is 4.98 Å². The third kappa shape index (κ3) is 3.42. The minimum atomic E-state index is 0.201. The maximum absolute atomic E-state index is 6.06. The Morgan fingerprint density at radius 1 is 1.10 bits per heavy atom. The van der Waals surface area contributed by atoms with Crippen LogP contribution in [0.3, 0.4) is 0 Å². The summed E-state index contributed by atoms with van der Waals surface area (Å²) < 4.78 is 0. The first-order chi connectivity index (χ1) is 10.4. The molecule has 1 aromatic carbocycles. The number of aromatic nitrogens is 1. The zero-order valence-electron chi connectivity index (χ0n) is 12.6. The van der Waals surface area contributed by atoms with Gasteiger partial charge in [0, 0.05) is 30.2 Å². The van der Waals surface area contributed by atoms with Crippen LogP contribution in [0.1, 0.15) is 50.1 Å². The second-order valence-electron chi connectivity index (χ2n) is 6.07. The van der Waals surface area contributed by atoms with E-state index >= 15 is 0 Å². The van der Waals surface area contributed by atoms with Gasteiger partial charge in [0.1, 0.15) is 0 Å². The Kier molecular flexibility index (Phi) is 4.84. The normalized spacial score (nSPS) is 18.5. The molecule has 1 aliphatic carbocycles. The molecular weight excluding hydrogens is 258 g/mol. The fourth-order valence-electron chi connectivity index (χ4n) is 3.42. The molecule has 0 aliphatic heterocycles. The van der Waals surface area contributed by atoms with E-state index in [0.717, 1.165) is 5.52 Å².